The number of hydrogen-bond donors (Lipinski definition) is 3. The maximum absolute atomic E-state index is 5.19. The van der Waals surface area contributed by atoms with Crippen LogP contribution in [-0.4, -0.2) is 46.5 Å². The van der Waals surface area contributed by atoms with E-state index in [0.29, 0.717) is 12.6 Å². The van der Waals surface area contributed by atoms with Gasteiger partial charge in [-0.25, -0.2) is 0 Å². The first-order valence-electron chi connectivity index (χ1n) is 6.48. The molecule has 0 spiro atoms. The lowest BCUT2D eigenvalue weighted by atomic mass is 10.2. The smallest absolute Gasteiger partial charge is 0.226 e. The fraction of sp³-hybridized carbons (Fsp3) is 0.583. The Morgan fingerprint density at radius 1 is 1.37 bits per heavy atom. The summed E-state index contributed by atoms with van der Waals surface area (Å²) in [5, 5.41) is 14.3. The molecule has 0 radical (unpaired) electrons. The summed E-state index contributed by atoms with van der Waals surface area (Å²) in [6.45, 7) is 5.52. The van der Waals surface area contributed by atoms with Crippen molar-refractivity contribution in [3.63, 3.8) is 0 Å². The molecule has 7 heteroatoms. The highest BCUT2D eigenvalue weighted by Crippen LogP contribution is 2.21. The van der Waals surface area contributed by atoms with Crippen LogP contribution in [0.3, 0.4) is 0 Å². The van der Waals surface area contributed by atoms with Crippen molar-refractivity contribution in [2.24, 2.45) is 0 Å². The molecule has 2 heterocycles. The monoisotopic (exact) mass is 264 g/mol. The molecule has 2 aromatic rings. The fourth-order valence-corrected chi connectivity index (χ4v) is 1.84. The maximum Gasteiger partial charge on any atom is 0.226 e. The van der Waals surface area contributed by atoms with E-state index in [9.17, 15) is 0 Å². The Morgan fingerprint density at radius 2 is 2.21 bits per heavy atom. The van der Waals surface area contributed by atoms with Crippen molar-refractivity contribution in [2.45, 2.75) is 26.3 Å². The van der Waals surface area contributed by atoms with Crippen LogP contribution >= 0.6 is 0 Å². The topological polar surface area (TPSA) is 87.8 Å². The Balaban J connectivity index is 2.31. The van der Waals surface area contributed by atoms with Gasteiger partial charge in [-0.05, 0) is 13.3 Å². The normalized spacial score (nSPS) is 12.6. The van der Waals surface area contributed by atoms with E-state index in [2.05, 4.69) is 37.7 Å². The number of aromatic nitrogens is 4. The first-order valence-corrected chi connectivity index (χ1v) is 6.48. The van der Waals surface area contributed by atoms with Gasteiger partial charge in [0.2, 0.25) is 5.95 Å². The third-order valence-corrected chi connectivity index (χ3v) is 2.85. The molecule has 0 bridgehead atoms. The van der Waals surface area contributed by atoms with Gasteiger partial charge in [-0.3, -0.25) is 5.10 Å². The van der Waals surface area contributed by atoms with Gasteiger partial charge in [0.25, 0.3) is 0 Å². The highest BCUT2D eigenvalue weighted by Gasteiger charge is 2.13. The molecule has 104 valence electrons. The molecule has 7 nitrogen and oxygen atoms in total. The number of aromatic amines is 1. The van der Waals surface area contributed by atoms with Crippen LogP contribution in [0.4, 0.5) is 11.8 Å². The number of anilines is 2. The molecule has 2 aromatic heterocycles. The molecule has 1 unspecified atom stereocenters. The van der Waals surface area contributed by atoms with E-state index < -0.39 is 0 Å². The van der Waals surface area contributed by atoms with Gasteiger partial charge in [-0.15, -0.1) is 0 Å². The van der Waals surface area contributed by atoms with Crippen molar-refractivity contribution >= 4 is 22.8 Å². The van der Waals surface area contributed by atoms with E-state index in [4.69, 9.17) is 4.74 Å². The van der Waals surface area contributed by atoms with Gasteiger partial charge in [0.1, 0.15) is 5.82 Å². The average Bonchev–Trinajstić information content (AvgIpc) is 2.87. The highest BCUT2D eigenvalue weighted by atomic mass is 16.5. The van der Waals surface area contributed by atoms with Gasteiger partial charge in [0.05, 0.1) is 24.2 Å². The summed E-state index contributed by atoms with van der Waals surface area (Å²) in [5.74, 6) is 1.37. The van der Waals surface area contributed by atoms with E-state index in [1.54, 1.807) is 13.3 Å². The number of hydrogen-bond acceptors (Lipinski definition) is 6. The molecule has 0 saturated carbocycles. The molecule has 0 aliphatic heterocycles. The fourth-order valence-electron chi connectivity index (χ4n) is 1.84. The molecule has 0 fully saturated rings. The van der Waals surface area contributed by atoms with Crippen LogP contribution in [-0.2, 0) is 4.74 Å². The molecular weight excluding hydrogens is 244 g/mol. The largest absolute Gasteiger partial charge is 0.383 e. The molecule has 0 aliphatic rings. The second-order valence-corrected chi connectivity index (χ2v) is 4.26. The van der Waals surface area contributed by atoms with E-state index in [1.165, 1.54) is 0 Å². The molecule has 1 atom stereocenters. The van der Waals surface area contributed by atoms with Crippen LogP contribution in [0.2, 0.25) is 0 Å². The van der Waals surface area contributed by atoms with Gasteiger partial charge in [0.15, 0.2) is 5.65 Å². The Hall–Kier alpha value is -1.89. The van der Waals surface area contributed by atoms with Crippen LogP contribution in [0, 0.1) is 0 Å². The van der Waals surface area contributed by atoms with Crippen LogP contribution < -0.4 is 10.6 Å². The zero-order valence-electron chi connectivity index (χ0n) is 11.5. The predicted octanol–water partition coefficient (Wildman–Crippen LogP) is 1.62. The average molecular weight is 264 g/mol. The van der Waals surface area contributed by atoms with Gasteiger partial charge >= 0.3 is 0 Å². The third kappa shape index (κ3) is 3.11. The highest BCUT2D eigenvalue weighted by molar-refractivity contribution is 5.87. The molecule has 0 saturated heterocycles. The minimum Gasteiger partial charge on any atom is -0.383 e. The predicted molar refractivity (Wildman–Crippen MR) is 75.4 cm³/mol. The summed E-state index contributed by atoms with van der Waals surface area (Å²) in [6, 6.07) is 0.215. The van der Waals surface area contributed by atoms with Crippen molar-refractivity contribution in [2.75, 3.05) is 30.9 Å². The SMILES string of the molecule is CCNc1nc(NC(CC)COC)c2cn[nH]c2n1. The van der Waals surface area contributed by atoms with Crippen LogP contribution in [0.5, 0.6) is 0 Å². The molecule has 0 aromatic carbocycles. The molecule has 3 N–H and O–H groups in total. The number of methoxy groups -OCH3 is 1. The molecule has 2 rings (SSSR count). The zero-order valence-corrected chi connectivity index (χ0v) is 11.5. The van der Waals surface area contributed by atoms with E-state index in [0.717, 1.165) is 29.8 Å². The first kappa shape index (κ1) is 13.5. The number of nitrogens with zero attached hydrogens (tertiary/aromatic N) is 3. The summed E-state index contributed by atoms with van der Waals surface area (Å²) in [5.41, 5.74) is 0.723. The van der Waals surface area contributed by atoms with Gasteiger partial charge in [-0.2, -0.15) is 15.1 Å². The van der Waals surface area contributed by atoms with Crippen LogP contribution in [0.15, 0.2) is 6.20 Å². The van der Waals surface area contributed by atoms with E-state index >= 15 is 0 Å². The second kappa shape index (κ2) is 6.33. The van der Waals surface area contributed by atoms with Crippen molar-refractivity contribution < 1.29 is 4.74 Å². The first-order chi connectivity index (χ1) is 9.28. The minimum absolute atomic E-state index is 0.215. The Morgan fingerprint density at radius 3 is 2.89 bits per heavy atom. The van der Waals surface area contributed by atoms with E-state index in [1.807, 2.05) is 6.92 Å². The third-order valence-electron chi connectivity index (χ3n) is 2.85. The Kier molecular flexibility index (Phi) is 4.51. The second-order valence-electron chi connectivity index (χ2n) is 4.26. The van der Waals surface area contributed by atoms with E-state index in [-0.39, 0.29) is 6.04 Å². The number of rotatable bonds is 7. The lowest BCUT2D eigenvalue weighted by Crippen LogP contribution is -2.24. The summed E-state index contributed by atoms with van der Waals surface area (Å²) in [6.07, 6.45) is 2.68. The lowest BCUT2D eigenvalue weighted by molar-refractivity contribution is 0.184. The summed E-state index contributed by atoms with van der Waals surface area (Å²) in [4.78, 5) is 8.84. The quantitative estimate of drug-likeness (QED) is 0.704. The number of H-pyrrole nitrogens is 1. The van der Waals surface area contributed by atoms with Crippen LogP contribution in [0.25, 0.3) is 11.0 Å². The van der Waals surface area contributed by atoms with Crippen molar-refractivity contribution in [1.29, 1.82) is 0 Å². The number of ether oxygens (including phenoxy) is 1. The molecule has 0 aliphatic carbocycles. The summed E-state index contributed by atoms with van der Waals surface area (Å²) >= 11 is 0. The van der Waals surface area contributed by atoms with Crippen LogP contribution in [0.1, 0.15) is 20.3 Å². The summed E-state index contributed by atoms with van der Waals surface area (Å²) in [7, 11) is 1.70. The summed E-state index contributed by atoms with van der Waals surface area (Å²) < 4.78 is 5.19. The van der Waals surface area contributed by atoms with Crippen molar-refractivity contribution in [3.8, 4) is 0 Å². The molecular formula is C12H20N6O. The number of nitrogens with one attached hydrogen (secondary N) is 3. The van der Waals surface area contributed by atoms with Gasteiger partial charge in [0, 0.05) is 13.7 Å². The Bertz CT molecular complexity index is 526. The molecule has 19 heavy (non-hydrogen) atoms. The Labute approximate surface area is 112 Å². The zero-order chi connectivity index (χ0) is 13.7. The minimum atomic E-state index is 0.215. The molecule has 0 amide bonds. The maximum atomic E-state index is 5.19. The van der Waals surface area contributed by atoms with Gasteiger partial charge < -0.3 is 15.4 Å². The standard InChI is InChI=1S/C12H20N6O/c1-4-8(7-19-3)15-10-9-6-14-18-11(9)17-12(16-10)13-5-2/h6,8H,4-5,7H2,1-3H3,(H3,13,14,15,16,17,18). The van der Waals surface area contributed by atoms with Gasteiger partial charge in [-0.1, -0.05) is 6.92 Å². The number of fused-ring (bicyclic) bond motifs is 1. The van der Waals surface area contributed by atoms with Crippen molar-refractivity contribution in [1.82, 2.24) is 20.2 Å². The van der Waals surface area contributed by atoms with Crippen molar-refractivity contribution in [3.05, 3.63) is 6.20 Å². The lowest BCUT2D eigenvalue weighted by Gasteiger charge is -2.17.